The van der Waals surface area contributed by atoms with E-state index in [2.05, 4.69) is 5.32 Å². The van der Waals surface area contributed by atoms with Crippen molar-refractivity contribution in [1.82, 2.24) is 9.88 Å². The summed E-state index contributed by atoms with van der Waals surface area (Å²) < 4.78 is 6.32. The van der Waals surface area contributed by atoms with Gasteiger partial charge in [-0.15, -0.1) is 11.3 Å². The third kappa shape index (κ3) is 4.88. The van der Waals surface area contributed by atoms with Crippen molar-refractivity contribution in [2.75, 3.05) is 6.61 Å². The minimum Gasteiger partial charge on any atom is -0.456 e. The Morgan fingerprint density at radius 3 is 2.58 bits per heavy atom. The Hall–Kier alpha value is -2.74. The number of amides is 2. The molecule has 24 heavy (non-hydrogen) atoms. The van der Waals surface area contributed by atoms with Crippen molar-refractivity contribution < 1.29 is 23.9 Å². The number of rotatable bonds is 7. The van der Waals surface area contributed by atoms with Gasteiger partial charge in [-0.2, -0.15) is 0 Å². The van der Waals surface area contributed by atoms with Gasteiger partial charge in [0.1, 0.15) is 5.69 Å². The highest BCUT2D eigenvalue weighted by Gasteiger charge is 2.15. The monoisotopic (exact) mass is 348 g/mol. The smallest absolute Gasteiger partial charge is 0.306 e. The maximum Gasteiger partial charge on any atom is 0.306 e. The van der Waals surface area contributed by atoms with Gasteiger partial charge in [-0.1, -0.05) is 6.07 Å². The molecule has 0 aliphatic rings. The number of nitrogens with zero attached hydrogens (tertiary/aromatic N) is 1. The number of aromatic nitrogens is 1. The molecule has 2 aromatic heterocycles. The second-order valence-corrected chi connectivity index (χ2v) is 5.89. The summed E-state index contributed by atoms with van der Waals surface area (Å²) in [5.74, 6) is -2.11. The maximum absolute atomic E-state index is 11.8. The van der Waals surface area contributed by atoms with E-state index in [4.69, 9.17) is 4.74 Å². The SMILES string of the molecule is Cn1cccc1C(=O)NC(=O)COC(=O)CCC(=O)c1cccs1. The minimum atomic E-state index is -0.723. The van der Waals surface area contributed by atoms with Crippen LogP contribution in [0.15, 0.2) is 35.8 Å². The van der Waals surface area contributed by atoms with Gasteiger partial charge in [-0.25, -0.2) is 0 Å². The van der Waals surface area contributed by atoms with E-state index < -0.39 is 24.4 Å². The van der Waals surface area contributed by atoms with Crippen molar-refractivity contribution in [3.05, 3.63) is 46.4 Å². The Balaban J connectivity index is 1.69. The van der Waals surface area contributed by atoms with Crippen molar-refractivity contribution in [2.45, 2.75) is 12.8 Å². The molecule has 2 heterocycles. The van der Waals surface area contributed by atoms with Crippen molar-refractivity contribution in [3.8, 4) is 0 Å². The van der Waals surface area contributed by atoms with Gasteiger partial charge >= 0.3 is 5.97 Å². The van der Waals surface area contributed by atoms with Gasteiger partial charge in [0.05, 0.1) is 11.3 Å². The van der Waals surface area contributed by atoms with E-state index in [1.165, 1.54) is 11.3 Å². The van der Waals surface area contributed by atoms with Crippen LogP contribution in [-0.2, 0) is 21.4 Å². The third-order valence-electron chi connectivity index (χ3n) is 3.15. The van der Waals surface area contributed by atoms with E-state index in [9.17, 15) is 19.2 Å². The zero-order valence-electron chi connectivity index (χ0n) is 13.0. The Morgan fingerprint density at radius 2 is 1.96 bits per heavy atom. The van der Waals surface area contributed by atoms with Crippen molar-refractivity contribution in [1.29, 1.82) is 0 Å². The zero-order valence-corrected chi connectivity index (χ0v) is 13.8. The summed E-state index contributed by atoms with van der Waals surface area (Å²) in [6, 6.07) is 6.67. The second-order valence-electron chi connectivity index (χ2n) is 4.94. The van der Waals surface area contributed by atoms with Crippen LogP contribution in [0.5, 0.6) is 0 Å². The summed E-state index contributed by atoms with van der Waals surface area (Å²) in [4.78, 5) is 47.3. The Labute approximate surface area is 142 Å². The fourth-order valence-electron chi connectivity index (χ4n) is 1.92. The van der Waals surface area contributed by atoms with Crippen molar-refractivity contribution in [2.24, 2.45) is 7.05 Å². The largest absolute Gasteiger partial charge is 0.456 e. The molecule has 0 spiro atoms. The Morgan fingerprint density at radius 1 is 1.17 bits per heavy atom. The standard InChI is InChI=1S/C16H16N2O5S/c1-18-8-2-4-11(18)16(22)17-14(20)10-23-15(21)7-6-12(19)13-5-3-9-24-13/h2-5,8-9H,6-7,10H2,1H3,(H,17,20,22). The molecule has 1 N–H and O–H groups in total. The van der Waals surface area contributed by atoms with Gasteiger partial charge < -0.3 is 9.30 Å². The van der Waals surface area contributed by atoms with E-state index >= 15 is 0 Å². The number of hydrogen-bond donors (Lipinski definition) is 1. The van der Waals surface area contributed by atoms with Crippen LogP contribution in [0.3, 0.4) is 0 Å². The number of aryl methyl sites for hydroxylation is 1. The zero-order chi connectivity index (χ0) is 17.5. The number of carbonyl (C=O) groups excluding carboxylic acids is 4. The fraction of sp³-hybridized carbons (Fsp3) is 0.250. The summed E-state index contributed by atoms with van der Waals surface area (Å²) in [6.45, 7) is -0.567. The number of Topliss-reactive ketones (excluding diaryl/α,β-unsaturated/α-hetero) is 1. The molecule has 0 fully saturated rings. The third-order valence-corrected chi connectivity index (χ3v) is 4.06. The van der Waals surface area contributed by atoms with Crippen LogP contribution in [0.4, 0.5) is 0 Å². The molecule has 0 atom stereocenters. The number of carbonyl (C=O) groups is 4. The molecule has 0 unspecified atom stereocenters. The molecule has 0 radical (unpaired) electrons. The van der Waals surface area contributed by atoms with E-state index in [0.29, 0.717) is 10.6 Å². The first-order valence-corrected chi connectivity index (χ1v) is 8.03. The van der Waals surface area contributed by atoms with Crippen LogP contribution in [0.1, 0.15) is 33.0 Å². The fourth-order valence-corrected chi connectivity index (χ4v) is 2.61. The van der Waals surface area contributed by atoms with E-state index in [1.807, 2.05) is 0 Å². The molecule has 2 aromatic rings. The highest BCUT2D eigenvalue weighted by Crippen LogP contribution is 2.12. The number of ether oxygens (including phenoxy) is 1. The van der Waals surface area contributed by atoms with Gasteiger partial charge in [-0.3, -0.25) is 24.5 Å². The minimum absolute atomic E-state index is 0.0171. The van der Waals surface area contributed by atoms with E-state index in [1.54, 1.807) is 47.5 Å². The molecule has 0 saturated carbocycles. The quantitative estimate of drug-likeness (QED) is 0.605. The van der Waals surface area contributed by atoms with Crippen molar-refractivity contribution >= 4 is 34.9 Å². The van der Waals surface area contributed by atoms with Crippen LogP contribution >= 0.6 is 11.3 Å². The van der Waals surface area contributed by atoms with Gasteiger partial charge in [0, 0.05) is 19.7 Å². The summed E-state index contributed by atoms with van der Waals surface area (Å²) in [7, 11) is 1.67. The molecule has 126 valence electrons. The predicted molar refractivity (Wildman–Crippen MR) is 86.7 cm³/mol. The number of hydrogen-bond acceptors (Lipinski definition) is 6. The van der Waals surface area contributed by atoms with E-state index in [0.717, 1.165) is 0 Å². The molecule has 7 nitrogen and oxygen atoms in total. The number of esters is 1. The lowest BCUT2D eigenvalue weighted by atomic mass is 10.2. The lowest BCUT2D eigenvalue weighted by Gasteiger charge is -2.06. The highest BCUT2D eigenvalue weighted by atomic mass is 32.1. The van der Waals surface area contributed by atoms with Crippen molar-refractivity contribution in [3.63, 3.8) is 0 Å². The van der Waals surface area contributed by atoms with Gasteiger partial charge in [0.15, 0.2) is 12.4 Å². The van der Waals surface area contributed by atoms with Crippen LogP contribution in [0, 0.1) is 0 Å². The first-order valence-electron chi connectivity index (χ1n) is 7.15. The topological polar surface area (TPSA) is 94.5 Å². The molecule has 0 aliphatic carbocycles. The van der Waals surface area contributed by atoms with E-state index in [-0.39, 0.29) is 18.6 Å². The summed E-state index contributed by atoms with van der Waals surface area (Å²) in [5, 5.41) is 3.90. The number of nitrogens with one attached hydrogen (secondary N) is 1. The maximum atomic E-state index is 11.8. The summed E-state index contributed by atoms with van der Waals surface area (Å²) in [5.41, 5.74) is 0.316. The molecule has 0 bridgehead atoms. The normalized spacial score (nSPS) is 10.2. The Bertz CT molecular complexity index is 748. The lowest BCUT2D eigenvalue weighted by Crippen LogP contribution is -2.35. The van der Waals surface area contributed by atoms with Crippen LogP contribution in [-0.4, -0.2) is 34.7 Å². The summed E-state index contributed by atoms with van der Waals surface area (Å²) in [6.07, 6.45) is 1.57. The van der Waals surface area contributed by atoms with Gasteiger partial charge in [-0.05, 0) is 23.6 Å². The predicted octanol–water partition coefficient (Wildman–Crippen LogP) is 1.55. The van der Waals surface area contributed by atoms with Crippen LogP contribution in [0.2, 0.25) is 0 Å². The number of ketones is 1. The average molecular weight is 348 g/mol. The number of imide groups is 1. The van der Waals surface area contributed by atoms with Gasteiger partial charge in [0.25, 0.3) is 11.8 Å². The van der Waals surface area contributed by atoms with Crippen LogP contribution < -0.4 is 5.32 Å². The summed E-state index contributed by atoms with van der Waals surface area (Å²) >= 11 is 1.30. The molecule has 2 amide bonds. The first kappa shape index (κ1) is 17.6. The molecule has 2 rings (SSSR count). The first-order chi connectivity index (χ1) is 11.5. The molecule has 0 aliphatic heterocycles. The van der Waals surface area contributed by atoms with Crippen LogP contribution in [0.25, 0.3) is 0 Å². The highest BCUT2D eigenvalue weighted by molar-refractivity contribution is 7.12. The molecule has 8 heteroatoms. The van der Waals surface area contributed by atoms with Gasteiger partial charge in [0.2, 0.25) is 0 Å². The molecular weight excluding hydrogens is 332 g/mol. The molecular formula is C16H16N2O5S. The second kappa shape index (κ2) is 8.21. The lowest BCUT2D eigenvalue weighted by molar-refractivity contribution is -0.148. The average Bonchev–Trinajstić information content (AvgIpc) is 3.21. The number of thiophene rings is 1. The molecule has 0 saturated heterocycles. The molecule has 0 aromatic carbocycles. The Kier molecular flexibility index (Phi) is 6.02.